The third kappa shape index (κ3) is 3.18. The molecule has 1 aromatic carbocycles. The lowest BCUT2D eigenvalue weighted by atomic mass is 9.89. The van der Waals surface area contributed by atoms with Gasteiger partial charge in [-0.1, -0.05) is 6.07 Å². The predicted molar refractivity (Wildman–Crippen MR) is 78.1 cm³/mol. The van der Waals surface area contributed by atoms with Gasteiger partial charge in [-0.25, -0.2) is 4.39 Å². The molecule has 0 unspecified atom stereocenters. The van der Waals surface area contributed by atoms with Crippen LogP contribution in [0.4, 0.5) is 4.39 Å². The number of aliphatic carboxylic acids is 1. The van der Waals surface area contributed by atoms with E-state index in [1.807, 2.05) is 0 Å². The summed E-state index contributed by atoms with van der Waals surface area (Å²) in [6.45, 7) is 7.28. The molecule has 1 fully saturated rings. The average Bonchev–Trinajstić information content (AvgIpc) is 2.83. The molecule has 0 aromatic heterocycles. The molecule has 1 heterocycles. The first-order chi connectivity index (χ1) is 9.74. The Kier molecular flexibility index (Phi) is 4.23. The van der Waals surface area contributed by atoms with Gasteiger partial charge in [-0.15, -0.1) is 0 Å². The van der Waals surface area contributed by atoms with Gasteiger partial charge < -0.3 is 9.84 Å². The fraction of sp³-hybridized carbons (Fsp3) is 0.562. The van der Waals surface area contributed by atoms with E-state index in [9.17, 15) is 14.3 Å². The molecule has 0 saturated carbocycles. The molecule has 2 rings (SSSR count). The van der Waals surface area contributed by atoms with E-state index < -0.39 is 17.7 Å². The fourth-order valence-electron chi connectivity index (χ4n) is 2.85. The quantitative estimate of drug-likeness (QED) is 0.931. The molecule has 0 amide bonds. The van der Waals surface area contributed by atoms with E-state index >= 15 is 0 Å². The Hall–Kier alpha value is -1.62. The number of carboxylic acid groups (broad SMARTS) is 1. The minimum Gasteiger partial charge on any atom is -0.494 e. The van der Waals surface area contributed by atoms with E-state index in [0.29, 0.717) is 18.7 Å². The van der Waals surface area contributed by atoms with Gasteiger partial charge in [0.25, 0.3) is 0 Å². The number of carbonyl (C=O) groups is 1. The number of rotatable bonds is 3. The number of nitrogens with zero attached hydrogens (tertiary/aromatic N) is 1. The molecular weight excluding hydrogens is 273 g/mol. The van der Waals surface area contributed by atoms with Crippen molar-refractivity contribution in [3.8, 4) is 5.75 Å². The number of benzene rings is 1. The summed E-state index contributed by atoms with van der Waals surface area (Å²) >= 11 is 0. The van der Waals surface area contributed by atoms with Crippen LogP contribution in [0.15, 0.2) is 18.2 Å². The fourth-order valence-corrected chi connectivity index (χ4v) is 2.85. The van der Waals surface area contributed by atoms with E-state index in [4.69, 9.17) is 4.74 Å². The van der Waals surface area contributed by atoms with Crippen LogP contribution >= 0.6 is 0 Å². The summed E-state index contributed by atoms with van der Waals surface area (Å²) < 4.78 is 18.8. The van der Waals surface area contributed by atoms with E-state index in [0.717, 1.165) is 0 Å². The van der Waals surface area contributed by atoms with Gasteiger partial charge in [0.1, 0.15) is 0 Å². The minimum atomic E-state index is -0.831. The molecule has 1 aliphatic heterocycles. The maximum Gasteiger partial charge on any atom is 0.308 e. The molecule has 1 N–H and O–H groups in total. The van der Waals surface area contributed by atoms with Gasteiger partial charge in [0.2, 0.25) is 0 Å². The second-order valence-corrected chi connectivity index (χ2v) is 6.52. The van der Waals surface area contributed by atoms with Gasteiger partial charge >= 0.3 is 5.97 Å². The second kappa shape index (κ2) is 5.64. The van der Waals surface area contributed by atoms with Crippen molar-refractivity contribution >= 4 is 5.97 Å². The van der Waals surface area contributed by atoms with Crippen molar-refractivity contribution in [2.45, 2.75) is 32.2 Å². The molecule has 4 nitrogen and oxygen atoms in total. The van der Waals surface area contributed by atoms with Crippen LogP contribution in [0.3, 0.4) is 0 Å². The number of hydrogen-bond donors (Lipinski definition) is 1. The van der Waals surface area contributed by atoms with Crippen molar-refractivity contribution in [1.29, 1.82) is 0 Å². The lowest BCUT2D eigenvalue weighted by molar-refractivity contribution is -0.141. The summed E-state index contributed by atoms with van der Waals surface area (Å²) in [5.74, 6) is -1.83. The van der Waals surface area contributed by atoms with Crippen LogP contribution < -0.4 is 4.74 Å². The lowest BCUT2D eigenvalue weighted by Crippen LogP contribution is -2.40. The Bertz CT molecular complexity index is 539. The van der Waals surface area contributed by atoms with Crippen molar-refractivity contribution in [2.75, 3.05) is 20.2 Å². The van der Waals surface area contributed by atoms with Gasteiger partial charge in [0.15, 0.2) is 11.6 Å². The predicted octanol–water partition coefficient (Wildman–Crippen LogP) is 2.73. The zero-order valence-electron chi connectivity index (χ0n) is 12.9. The van der Waals surface area contributed by atoms with Crippen molar-refractivity contribution in [2.24, 2.45) is 5.92 Å². The number of halogens is 1. The van der Waals surface area contributed by atoms with E-state index in [1.54, 1.807) is 12.1 Å². The largest absolute Gasteiger partial charge is 0.494 e. The molecule has 0 radical (unpaired) electrons. The molecule has 1 saturated heterocycles. The molecule has 116 valence electrons. The minimum absolute atomic E-state index is 0.104. The van der Waals surface area contributed by atoms with Gasteiger partial charge in [-0.2, -0.15) is 0 Å². The first kappa shape index (κ1) is 15.8. The molecule has 1 aliphatic rings. The van der Waals surface area contributed by atoms with Crippen LogP contribution in [-0.2, 0) is 4.79 Å². The number of carboxylic acids is 1. The van der Waals surface area contributed by atoms with E-state index in [2.05, 4.69) is 25.7 Å². The zero-order chi connectivity index (χ0) is 15.8. The summed E-state index contributed by atoms with van der Waals surface area (Å²) in [7, 11) is 1.41. The molecule has 0 spiro atoms. The third-order valence-electron chi connectivity index (χ3n) is 4.19. The summed E-state index contributed by atoms with van der Waals surface area (Å²) in [5.41, 5.74) is 0.612. The van der Waals surface area contributed by atoms with Crippen molar-refractivity contribution < 1.29 is 19.0 Å². The van der Waals surface area contributed by atoms with Crippen LogP contribution in [0, 0.1) is 11.7 Å². The summed E-state index contributed by atoms with van der Waals surface area (Å²) in [5, 5.41) is 9.45. The van der Waals surface area contributed by atoms with Crippen LogP contribution in [0.25, 0.3) is 0 Å². The highest BCUT2D eigenvalue weighted by atomic mass is 19.1. The van der Waals surface area contributed by atoms with E-state index in [-0.39, 0.29) is 17.2 Å². The highest BCUT2D eigenvalue weighted by molar-refractivity contribution is 5.72. The first-order valence-corrected chi connectivity index (χ1v) is 7.05. The van der Waals surface area contributed by atoms with Gasteiger partial charge in [0.05, 0.1) is 13.0 Å². The molecule has 21 heavy (non-hydrogen) atoms. The summed E-state index contributed by atoms with van der Waals surface area (Å²) in [6, 6.07) is 4.71. The van der Waals surface area contributed by atoms with Crippen molar-refractivity contribution in [3.05, 3.63) is 29.6 Å². The zero-order valence-corrected chi connectivity index (χ0v) is 12.9. The monoisotopic (exact) mass is 295 g/mol. The summed E-state index contributed by atoms with van der Waals surface area (Å²) in [6.07, 6.45) is 0. The number of ether oxygens (including phenoxy) is 1. The highest BCUT2D eigenvalue weighted by Gasteiger charge is 2.42. The molecule has 1 aromatic rings. The van der Waals surface area contributed by atoms with Gasteiger partial charge in [0, 0.05) is 24.5 Å². The van der Waals surface area contributed by atoms with Gasteiger partial charge in [-0.05, 0) is 38.5 Å². The lowest BCUT2D eigenvalue weighted by Gasteiger charge is -2.31. The van der Waals surface area contributed by atoms with Crippen LogP contribution in [0.1, 0.15) is 32.3 Å². The van der Waals surface area contributed by atoms with Crippen LogP contribution in [0.2, 0.25) is 0 Å². The second-order valence-electron chi connectivity index (χ2n) is 6.52. The molecular formula is C16H22FNO3. The van der Waals surface area contributed by atoms with Crippen molar-refractivity contribution in [3.63, 3.8) is 0 Å². The molecule has 0 aliphatic carbocycles. The normalized spacial score (nSPS) is 23.3. The Balaban J connectivity index is 2.32. The smallest absolute Gasteiger partial charge is 0.308 e. The maximum atomic E-state index is 13.9. The van der Waals surface area contributed by atoms with Crippen molar-refractivity contribution in [1.82, 2.24) is 4.90 Å². The van der Waals surface area contributed by atoms with Crippen LogP contribution in [-0.4, -0.2) is 41.7 Å². The number of methoxy groups -OCH3 is 1. The van der Waals surface area contributed by atoms with Gasteiger partial charge in [-0.3, -0.25) is 9.69 Å². The number of hydrogen-bond acceptors (Lipinski definition) is 3. The van der Waals surface area contributed by atoms with Crippen LogP contribution in [0.5, 0.6) is 5.75 Å². The highest BCUT2D eigenvalue weighted by Crippen LogP contribution is 2.37. The Morgan fingerprint density at radius 2 is 2.05 bits per heavy atom. The molecule has 2 atom stereocenters. The maximum absolute atomic E-state index is 13.9. The van der Waals surface area contributed by atoms with E-state index in [1.165, 1.54) is 13.2 Å². The molecule has 5 heteroatoms. The number of likely N-dealkylation sites (tertiary alicyclic amines) is 1. The molecule has 0 bridgehead atoms. The third-order valence-corrected chi connectivity index (χ3v) is 4.19. The topological polar surface area (TPSA) is 49.8 Å². The SMILES string of the molecule is COc1ccc([C@@H]2CN(C(C)(C)C)C[C@H]2C(=O)O)cc1F. The Morgan fingerprint density at radius 1 is 1.38 bits per heavy atom. The standard InChI is InChI=1S/C16H22FNO3/c1-16(2,3)18-8-11(12(9-18)15(19)20)10-5-6-14(21-4)13(17)7-10/h5-7,11-12H,8-9H2,1-4H3,(H,19,20)/t11-,12+/m0/s1. The first-order valence-electron chi connectivity index (χ1n) is 7.05. The summed E-state index contributed by atoms with van der Waals surface area (Å²) in [4.78, 5) is 13.7. The Morgan fingerprint density at radius 3 is 2.52 bits per heavy atom. The Labute approximate surface area is 124 Å². The average molecular weight is 295 g/mol.